The molecule has 0 unspecified atom stereocenters. The second-order valence-electron chi connectivity index (χ2n) is 4.18. The molecule has 0 aliphatic rings. The lowest BCUT2D eigenvalue weighted by Crippen LogP contribution is -2.08. The van der Waals surface area contributed by atoms with Gasteiger partial charge < -0.3 is 5.32 Å². The van der Waals surface area contributed by atoms with Gasteiger partial charge in [-0.05, 0) is 34.7 Å². The van der Waals surface area contributed by atoms with E-state index in [4.69, 9.17) is 11.6 Å². The van der Waals surface area contributed by atoms with Crippen LogP contribution in [0.1, 0.15) is 5.82 Å². The first-order valence-corrected chi connectivity index (χ1v) is 6.53. The number of halogens is 1. The van der Waals surface area contributed by atoms with Crippen molar-refractivity contribution in [3.63, 3.8) is 0 Å². The van der Waals surface area contributed by atoms with E-state index in [1.165, 1.54) is 0 Å². The van der Waals surface area contributed by atoms with E-state index in [1.807, 2.05) is 54.6 Å². The Labute approximate surface area is 121 Å². The first-order chi connectivity index (χ1) is 9.84. The molecule has 3 aromatic rings. The molecule has 100 valence electrons. The monoisotopic (exact) mass is 285 g/mol. The highest BCUT2D eigenvalue weighted by Crippen LogP contribution is 2.21. The minimum absolute atomic E-state index is 0.492. The van der Waals surface area contributed by atoms with E-state index in [0.717, 1.165) is 17.2 Å². The molecule has 0 atom stereocenters. The zero-order valence-corrected chi connectivity index (χ0v) is 11.3. The zero-order chi connectivity index (χ0) is 13.8. The van der Waals surface area contributed by atoms with Crippen LogP contribution in [0.25, 0.3) is 5.69 Å². The van der Waals surface area contributed by atoms with Crippen LogP contribution in [-0.2, 0) is 6.54 Å². The van der Waals surface area contributed by atoms with E-state index in [1.54, 1.807) is 4.68 Å². The van der Waals surface area contributed by atoms with Crippen LogP contribution < -0.4 is 5.32 Å². The van der Waals surface area contributed by atoms with Gasteiger partial charge in [-0.2, -0.15) is 4.68 Å². The smallest absolute Gasteiger partial charge is 0.175 e. The van der Waals surface area contributed by atoms with Gasteiger partial charge in [0, 0.05) is 0 Å². The van der Waals surface area contributed by atoms with Crippen molar-refractivity contribution in [3.05, 3.63) is 65.4 Å². The number of benzene rings is 2. The van der Waals surface area contributed by atoms with Crippen LogP contribution in [0.3, 0.4) is 0 Å². The maximum atomic E-state index is 6.10. The molecular formula is C14H12ClN5. The van der Waals surface area contributed by atoms with Crippen LogP contribution in [0.4, 0.5) is 5.69 Å². The lowest BCUT2D eigenvalue weighted by Gasteiger charge is -2.08. The van der Waals surface area contributed by atoms with Gasteiger partial charge >= 0.3 is 0 Å². The van der Waals surface area contributed by atoms with Gasteiger partial charge in [-0.1, -0.05) is 41.9 Å². The fraction of sp³-hybridized carbons (Fsp3) is 0.0714. The lowest BCUT2D eigenvalue weighted by molar-refractivity contribution is 0.768. The van der Waals surface area contributed by atoms with Crippen LogP contribution >= 0.6 is 11.6 Å². The standard InChI is InChI=1S/C14H12ClN5/c15-12-8-4-5-9-13(12)16-10-14-17-18-19-20(14)11-6-2-1-3-7-11/h1-9,16H,10H2. The third kappa shape index (κ3) is 2.62. The second-order valence-corrected chi connectivity index (χ2v) is 4.58. The van der Waals surface area contributed by atoms with Crippen LogP contribution in [0.2, 0.25) is 5.02 Å². The van der Waals surface area contributed by atoms with Crippen LogP contribution in [-0.4, -0.2) is 20.2 Å². The van der Waals surface area contributed by atoms with Crippen LogP contribution in [0.15, 0.2) is 54.6 Å². The number of para-hydroxylation sites is 2. The SMILES string of the molecule is Clc1ccccc1NCc1nnnn1-c1ccccc1. The molecule has 2 aromatic carbocycles. The summed E-state index contributed by atoms with van der Waals surface area (Å²) in [7, 11) is 0. The molecule has 5 nitrogen and oxygen atoms in total. The highest BCUT2D eigenvalue weighted by Gasteiger charge is 2.08. The van der Waals surface area contributed by atoms with E-state index in [9.17, 15) is 0 Å². The largest absolute Gasteiger partial charge is 0.376 e. The predicted molar refractivity (Wildman–Crippen MR) is 77.9 cm³/mol. The normalized spacial score (nSPS) is 10.4. The number of hydrogen-bond acceptors (Lipinski definition) is 4. The van der Waals surface area contributed by atoms with Gasteiger partial charge in [0.05, 0.1) is 22.9 Å². The quantitative estimate of drug-likeness (QED) is 0.801. The van der Waals surface area contributed by atoms with Crippen molar-refractivity contribution in [2.75, 3.05) is 5.32 Å². The minimum atomic E-state index is 0.492. The average molecular weight is 286 g/mol. The van der Waals surface area contributed by atoms with Crippen molar-refractivity contribution in [1.82, 2.24) is 20.2 Å². The summed E-state index contributed by atoms with van der Waals surface area (Å²) in [6.45, 7) is 0.492. The van der Waals surface area contributed by atoms with Gasteiger partial charge in [-0.25, -0.2) is 0 Å². The molecule has 0 saturated carbocycles. The summed E-state index contributed by atoms with van der Waals surface area (Å²) in [5.74, 6) is 0.719. The van der Waals surface area contributed by atoms with Crippen molar-refractivity contribution < 1.29 is 0 Å². The fourth-order valence-corrected chi connectivity index (χ4v) is 2.07. The van der Waals surface area contributed by atoms with E-state index >= 15 is 0 Å². The van der Waals surface area contributed by atoms with Crippen molar-refractivity contribution in [1.29, 1.82) is 0 Å². The Morgan fingerprint density at radius 1 is 1.00 bits per heavy atom. The molecule has 1 N–H and O–H groups in total. The summed E-state index contributed by atoms with van der Waals surface area (Å²) in [5, 5.41) is 15.7. The van der Waals surface area contributed by atoms with Gasteiger partial charge in [0.25, 0.3) is 0 Å². The Bertz CT molecular complexity index is 696. The molecular weight excluding hydrogens is 274 g/mol. The second kappa shape index (κ2) is 5.71. The Balaban J connectivity index is 1.80. The molecule has 0 aliphatic heterocycles. The molecule has 6 heteroatoms. The number of hydrogen-bond donors (Lipinski definition) is 1. The maximum absolute atomic E-state index is 6.10. The highest BCUT2D eigenvalue weighted by atomic mass is 35.5. The number of anilines is 1. The lowest BCUT2D eigenvalue weighted by atomic mass is 10.3. The number of rotatable bonds is 4. The topological polar surface area (TPSA) is 55.6 Å². The molecule has 0 bridgehead atoms. The fourth-order valence-electron chi connectivity index (χ4n) is 1.86. The molecule has 20 heavy (non-hydrogen) atoms. The van der Waals surface area contributed by atoms with Gasteiger partial charge in [-0.15, -0.1) is 5.10 Å². The van der Waals surface area contributed by atoms with Gasteiger partial charge in [0.15, 0.2) is 5.82 Å². The molecule has 0 aliphatic carbocycles. The number of nitrogens with zero attached hydrogens (tertiary/aromatic N) is 4. The average Bonchev–Trinajstić information content (AvgIpc) is 2.96. The minimum Gasteiger partial charge on any atom is -0.376 e. The Morgan fingerprint density at radius 3 is 2.55 bits per heavy atom. The highest BCUT2D eigenvalue weighted by molar-refractivity contribution is 6.33. The molecule has 0 amide bonds. The zero-order valence-electron chi connectivity index (χ0n) is 10.6. The summed E-state index contributed by atoms with van der Waals surface area (Å²) in [5.41, 5.74) is 1.78. The van der Waals surface area contributed by atoms with E-state index in [2.05, 4.69) is 20.8 Å². The maximum Gasteiger partial charge on any atom is 0.175 e. The third-order valence-electron chi connectivity index (χ3n) is 2.85. The van der Waals surface area contributed by atoms with Crippen molar-refractivity contribution in [2.45, 2.75) is 6.54 Å². The molecule has 0 radical (unpaired) electrons. The van der Waals surface area contributed by atoms with Gasteiger partial charge in [-0.3, -0.25) is 0 Å². The molecule has 1 heterocycles. The Kier molecular flexibility index (Phi) is 3.60. The van der Waals surface area contributed by atoms with Gasteiger partial charge in [0.1, 0.15) is 0 Å². The van der Waals surface area contributed by atoms with E-state index in [0.29, 0.717) is 11.6 Å². The van der Waals surface area contributed by atoms with E-state index < -0.39 is 0 Å². The number of aromatic nitrogens is 4. The first kappa shape index (κ1) is 12.6. The van der Waals surface area contributed by atoms with Crippen molar-refractivity contribution >= 4 is 17.3 Å². The van der Waals surface area contributed by atoms with Crippen LogP contribution in [0.5, 0.6) is 0 Å². The summed E-state index contributed by atoms with van der Waals surface area (Å²) in [6, 6.07) is 17.3. The number of nitrogens with one attached hydrogen (secondary N) is 1. The Morgan fingerprint density at radius 2 is 1.75 bits per heavy atom. The summed E-state index contributed by atoms with van der Waals surface area (Å²) < 4.78 is 1.70. The van der Waals surface area contributed by atoms with Crippen molar-refractivity contribution in [3.8, 4) is 5.69 Å². The Hall–Kier alpha value is -2.40. The third-order valence-corrected chi connectivity index (χ3v) is 3.18. The number of tetrazole rings is 1. The van der Waals surface area contributed by atoms with Gasteiger partial charge in [0.2, 0.25) is 0 Å². The van der Waals surface area contributed by atoms with Crippen LogP contribution in [0, 0.1) is 0 Å². The molecule has 0 fully saturated rings. The summed E-state index contributed by atoms with van der Waals surface area (Å²) >= 11 is 6.10. The summed E-state index contributed by atoms with van der Waals surface area (Å²) in [4.78, 5) is 0. The first-order valence-electron chi connectivity index (χ1n) is 6.15. The predicted octanol–water partition coefficient (Wildman–Crippen LogP) is 2.93. The van der Waals surface area contributed by atoms with Crippen molar-refractivity contribution in [2.24, 2.45) is 0 Å². The summed E-state index contributed by atoms with van der Waals surface area (Å²) in [6.07, 6.45) is 0. The molecule has 0 spiro atoms. The molecule has 0 saturated heterocycles. The molecule has 3 rings (SSSR count). The van der Waals surface area contributed by atoms with E-state index in [-0.39, 0.29) is 0 Å². The molecule has 1 aromatic heterocycles.